The van der Waals surface area contributed by atoms with Gasteiger partial charge in [0, 0.05) is 18.8 Å². The Labute approximate surface area is 84.3 Å². The van der Waals surface area contributed by atoms with Crippen LogP contribution in [0.2, 0.25) is 0 Å². The molecule has 4 nitrogen and oxygen atoms in total. The Balaban J connectivity index is 1.98. The van der Waals surface area contributed by atoms with Crippen molar-refractivity contribution in [3.05, 3.63) is 17.5 Å². The molecule has 2 heterocycles. The number of rotatable bonds is 2. The third-order valence-electron chi connectivity index (χ3n) is 2.48. The summed E-state index contributed by atoms with van der Waals surface area (Å²) in [4.78, 5) is 0. The van der Waals surface area contributed by atoms with Crippen molar-refractivity contribution in [1.29, 1.82) is 0 Å². The van der Waals surface area contributed by atoms with Gasteiger partial charge in [-0.15, -0.1) is 0 Å². The topological polar surface area (TPSA) is 39.1 Å². The highest BCUT2D eigenvalue weighted by atomic mass is 16.5. The summed E-state index contributed by atoms with van der Waals surface area (Å²) in [5.74, 6) is 0. The molecule has 1 saturated heterocycles. The Morgan fingerprint density at radius 2 is 2.50 bits per heavy atom. The van der Waals surface area contributed by atoms with Crippen LogP contribution in [0.3, 0.4) is 0 Å². The molecule has 0 aliphatic carbocycles. The molecule has 0 saturated carbocycles. The standard InChI is InChI=1S/C10H17N3O/c1-8-5-9(2)13(12-8)7-10-6-11-3-4-14-10/h5,10-11H,3-4,6-7H2,1-2H3. The van der Waals surface area contributed by atoms with Gasteiger partial charge in [-0.1, -0.05) is 0 Å². The maximum atomic E-state index is 5.62. The van der Waals surface area contributed by atoms with E-state index in [9.17, 15) is 0 Å². The Morgan fingerprint density at radius 1 is 1.64 bits per heavy atom. The predicted molar refractivity (Wildman–Crippen MR) is 54.3 cm³/mol. The summed E-state index contributed by atoms with van der Waals surface area (Å²) >= 11 is 0. The molecule has 1 aliphatic heterocycles. The van der Waals surface area contributed by atoms with Gasteiger partial charge in [-0.3, -0.25) is 4.68 Å². The quantitative estimate of drug-likeness (QED) is 0.746. The zero-order valence-electron chi connectivity index (χ0n) is 8.79. The maximum Gasteiger partial charge on any atom is 0.0895 e. The van der Waals surface area contributed by atoms with Gasteiger partial charge >= 0.3 is 0 Å². The summed E-state index contributed by atoms with van der Waals surface area (Å²) < 4.78 is 7.64. The van der Waals surface area contributed by atoms with Crippen LogP contribution in [0.25, 0.3) is 0 Å². The first-order chi connectivity index (χ1) is 6.75. The van der Waals surface area contributed by atoms with Gasteiger partial charge in [0.1, 0.15) is 0 Å². The van der Waals surface area contributed by atoms with Crippen LogP contribution < -0.4 is 5.32 Å². The van der Waals surface area contributed by atoms with E-state index in [1.165, 1.54) is 5.69 Å². The summed E-state index contributed by atoms with van der Waals surface area (Å²) in [5.41, 5.74) is 2.28. The van der Waals surface area contributed by atoms with Gasteiger partial charge in [0.2, 0.25) is 0 Å². The second kappa shape index (κ2) is 4.11. The van der Waals surface area contributed by atoms with E-state index in [0.29, 0.717) is 0 Å². The molecule has 4 heteroatoms. The Morgan fingerprint density at radius 3 is 3.07 bits per heavy atom. The fourth-order valence-electron chi connectivity index (χ4n) is 1.79. The lowest BCUT2D eigenvalue weighted by atomic mass is 10.3. The van der Waals surface area contributed by atoms with Crippen LogP contribution in [0.15, 0.2) is 6.07 Å². The van der Waals surface area contributed by atoms with Crippen LogP contribution in [0.1, 0.15) is 11.4 Å². The largest absolute Gasteiger partial charge is 0.374 e. The molecule has 2 rings (SSSR count). The van der Waals surface area contributed by atoms with Gasteiger partial charge in [-0.25, -0.2) is 0 Å². The van der Waals surface area contributed by atoms with E-state index in [4.69, 9.17) is 4.74 Å². The van der Waals surface area contributed by atoms with Crippen LogP contribution in [-0.4, -0.2) is 35.6 Å². The highest BCUT2D eigenvalue weighted by Gasteiger charge is 2.15. The normalized spacial score (nSPS) is 22.6. The molecule has 1 aliphatic rings. The SMILES string of the molecule is Cc1cc(C)n(CC2CNCCO2)n1. The van der Waals surface area contributed by atoms with E-state index < -0.39 is 0 Å². The van der Waals surface area contributed by atoms with Crippen molar-refractivity contribution < 1.29 is 4.74 Å². The van der Waals surface area contributed by atoms with E-state index in [1.54, 1.807) is 0 Å². The molecule has 0 aromatic carbocycles. The van der Waals surface area contributed by atoms with Crippen LogP contribution in [0.4, 0.5) is 0 Å². The number of hydrogen-bond acceptors (Lipinski definition) is 3. The number of morpholine rings is 1. The minimum atomic E-state index is 0.266. The monoisotopic (exact) mass is 195 g/mol. The molecule has 1 unspecified atom stereocenters. The summed E-state index contributed by atoms with van der Waals surface area (Å²) in [7, 11) is 0. The minimum absolute atomic E-state index is 0.266. The smallest absolute Gasteiger partial charge is 0.0895 e. The second-order valence-corrected chi connectivity index (χ2v) is 3.81. The van der Waals surface area contributed by atoms with E-state index >= 15 is 0 Å². The average molecular weight is 195 g/mol. The van der Waals surface area contributed by atoms with Crippen molar-refractivity contribution >= 4 is 0 Å². The molecular formula is C10H17N3O. The summed E-state index contributed by atoms with van der Waals surface area (Å²) in [6.07, 6.45) is 0.266. The molecule has 0 bridgehead atoms. The minimum Gasteiger partial charge on any atom is -0.374 e. The zero-order valence-corrected chi connectivity index (χ0v) is 8.79. The van der Waals surface area contributed by atoms with Gasteiger partial charge < -0.3 is 10.1 Å². The number of hydrogen-bond donors (Lipinski definition) is 1. The van der Waals surface area contributed by atoms with E-state index in [0.717, 1.165) is 31.9 Å². The lowest BCUT2D eigenvalue weighted by Gasteiger charge is -2.23. The van der Waals surface area contributed by atoms with E-state index in [-0.39, 0.29) is 6.10 Å². The first-order valence-corrected chi connectivity index (χ1v) is 5.09. The third kappa shape index (κ3) is 2.13. The van der Waals surface area contributed by atoms with Gasteiger partial charge in [0.15, 0.2) is 0 Å². The van der Waals surface area contributed by atoms with Crippen LogP contribution in [0, 0.1) is 13.8 Å². The molecule has 0 spiro atoms. The molecule has 0 amide bonds. The molecule has 14 heavy (non-hydrogen) atoms. The number of aryl methyl sites for hydroxylation is 2. The van der Waals surface area contributed by atoms with Crippen LogP contribution >= 0.6 is 0 Å². The Bertz CT molecular complexity index is 302. The summed E-state index contributed by atoms with van der Waals surface area (Å²) in [6.45, 7) is 7.66. The fraction of sp³-hybridized carbons (Fsp3) is 0.700. The predicted octanol–water partition coefficient (Wildman–Crippen LogP) is 0.488. The molecule has 78 valence electrons. The molecular weight excluding hydrogens is 178 g/mol. The summed E-state index contributed by atoms with van der Waals surface area (Å²) in [6, 6.07) is 2.09. The molecule has 1 atom stereocenters. The highest BCUT2D eigenvalue weighted by molar-refractivity contribution is 5.06. The first kappa shape index (κ1) is 9.68. The fourth-order valence-corrected chi connectivity index (χ4v) is 1.79. The lowest BCUT2D eigenvalue weighted by molar-refractivity contribution is 0.0157. The summed E-state index contributed by atoms with van der Waals surface area (Å²) in [5, 5.41) is 7.73. The number of nitrogens with one attached hydrogen (secondary N) is 1. The first-order valence-electron chi connectivity index (χ1n) is 5.09. The van der Waals surface area contributed by atoms with E-state index in [1.807, 2.05) is 11.6 Å². The Hall–Kier alpha value is -0.870. The molecule has 1 N–H and O–H groups in total. The number of nitrogens with zero attached hydrogens (tertiary/aromatic N) is 2. The number of aromatic nitrogens is 2. The van der Waals surface area contributed by atoms with Gasteiger partial charge in [0.25, 0.3) is 0 Å². The van der Waals surface area contributed by atoms with Gasteiger partial charge in [-0.05, 0) is 19.9 Å². The van der Waals surface area contributed by atoms with Crippen molar-refractivity contribution in [2.75, 3.05) is 19.7 Å². The molecule has 0 radical (unpaired) electrons. The second-order valence-electron chi connectivity index (χ2n) is 3.81. The van der Waals surface area contributed by atoms with Crippen LogP contribution in [-0.2, 0) is 11.3 Å². The van der Waals surface area contributed by atoms with Crippen molar-refractivity contribution in [2.45, 2.75) is 26.5 Å². The van der Waals surface area contributed by atoms with Crippen LogP contribution in [0.5, 0.6) is 0 Å². The van der Waals surface area contributed by atoms with Crippen molar-refractivity contribution in [3.63, 3.8) is 0 Å². The number of ether oxygens (including phenoxy) is 1. The van der Waals surface area contributed by atoms with E-state index in [2.05, 4.69) is 23.4 Å². The lowest BCUT2D eigenvalue weighted by Crippen LogP contribution is -2.41. The van der Waals surface area contributed by atoms with Gasteiger partial charge in [0.05, 0.1) is 24.9 Å². The zero-order chi connectivity index (χ0) is 9.97. The molecule has 1 fully saturated rings. The van der Waals surface area contributed by atoms with Crippen molar-refractivity contribution in [2.24, 2.45) is 0 Å². The maximum absolute atomic E-state index is 5.62. The van der Waals surface area contributed by atoms with Crippen molar-refractivity contribution in [3.8, 4) is 0 Å². The van der Waals surface area contributed by atoms with Crippen molar-refractivity contribution in [1.82, 2.24) is 15.1 Å². The molecule has 1 aromatic rings. The highest BCUT2D eigenvalue weighted by Crippen LogP contribution is 2.05. The third-order valence-corrected chi connectivity index (χ3v) is 2.48. The van der Waals surface area contributed by atoms with Gasteiger partial charge in [-0.2, -0.15) is 5.10 Å². The Kier molecular flexibility index (Phi) is 2.84. The average Bonchev–Trinajstić information content (AvgIpc) is 2.47. The molecule has 1 aromatic heterocycles.